The first-order valence-electron chi connectivity index (χ1n) is 7.77. The fourth-order valence-electron chi connectivity index (χ4n) is 2.62. The van der Waals surface area contributed by atoms with Gasteiger partial charge in [0.25, 0.3) is 0 Å². The van der Waals surface area contributed by atoms with E-state index in [1.54, 1.807) is 13.8 Å². The number of phenols is 1. The Morgan fingerprint density at radius 3 is 2.58 bits per heavy atom. The van der Waals surface area contributed by atoms with E-state index in [1.165, 1.54) is 22.5 Å². The Labute approximate surface area is 148 Å². The van der Waals surface area contributed by atoms with E-state index in [0.717, 1.165) is 19.4 Å². The summed E-state index contributed by atoms with van der Waals surface area (Å²) in [7, 11) is -3.64. The fraction of sp³-hybridized carbons (Fsp3) is 0.533. The lowest BCUT2D eigenvalue weighted by Crippen LogP contribution is -2.35. The number of phenolic OH excluding ortho intramolecular Hbond substituents is 1. The van der Waals surface area contributed by atoms with Crippen LogP contribution in [0.15, 0.2) is 23.1 Å². The van der Waals surface area contributed by atoms with Gasteiger partial charge in [0.1, 0.15) is 5.75 Å². The molecule has 7 nitrogen and oxygen atoms in total. The van der Waals surface area contributed by atoms with Crippen molar-refractivity contribution in [2.45, 2.75) is 37.6 Å². The maximum atomic E-state index is 12.5. The average molecular weight is 378 g/mol. The standard InChI is InChI=1S/C15H23N3O4S.ClH/c1-3-18(4-2)23(21,22)11-7-8-14(19)13(10-11)17-15(20)12-6-5-9-16-12;/h7-8,10,12,16,19H,3-6,9H2,1-2H3,(H,17,20);1H. The molecule has 1 saturated heterocycles. The lowest BCUT2D eigenvalue weighted by molar-refractivity contribution is -0.117. The number of sulfonamides is 1. The third kappa shape index (κ3) is 4.38. The highest BCUT2D eigenvalue weighted by atomic mass is 35.5. The van der Waals surface area contributed by atoms with Crippen molar-refractivity contribution in [2.75, 3.05) is 25.0 Å². The first-order valence-corrected chi connectivity index (χ1v) is 9.21. The van der Waals surface area contributed by atoms with Gasteiger partial charge in [-0.1, -0.05) is 13.8 Å². The summed E-state index contributed by atoms with van der Waals surface area (Å²) in [5.74, 6) is -0.426. The number of halogens is 1. The van der Waals surface area contributed by atoms with Crippen LogP contribution in [-0.2, 0) is 14.8 Å². The number of rotatable bonds is 6. The summed E-state index contributed by atoms with van der Waals surface area (Å²) >= 11 is 0. The molecule has 1 aromatic rings. The minimum Gasteiger partial charge on any atom is -0.506 e. The minimum absolute atomic E-state index is 0. The molecule has 0 aromatic heterocycles. The van der Waals surface area contributed by atoms with Gasteiger partial charge in [-0.15, -0.1) is 12.4 Å². The molecular formula is C15H24ClN3O4S. The summed E-state index contributed by atoms with van der Waals surface area (Å²) in [5.41, 5.74) is 0.108. The van der Waals surface area contributed by atoms with Crippen molar-refractivity contribution in [3.8, 4) is 5.75 Å². The van der Waals surface area contributed by atoms with E-state index in [4.69, 9.17) is 0 Å². The molecule has 0 radical (unpaired) electrons. The van der Waals surface area contributed by atoms with E-state index < -0.39 is 10.0 Å². The SMILES string of the molecule is CCN(CC)S(=O)(=O)c1ccc(O)c(NC(=O)C2CCCN2)c1.Cl. The highest BCUT2D eigenvalue weighted by Crippen LogP contribution is 2.28. The third-order valence-electron chi connectivity index (χ3n) is 3.95. The van der Waals surface area contributed by atoms with Gasteiger partial charge in [0.15, 0.2) is 0 Å². The Hall–Kier alpha value is -1.35. The van der Waals surface area contributed by atoms with Crippen LogP contribution < -0.4 is 10.6 Å². The Morgan fingerprint density at radius 1 is 1.38 bits per heavy atom. The second-order valence-corrected chi connectivity index (χ2v) is 7.34. The number of nitrogens with zero attached hydrogens (tertiary/aromatic N) is 1. The second-order valence-electron chi connectivity index (χ2n) is 5.41. The average Bonchev–Trinajstić information content (AvgIpc) is 3.04. The van der Waals surface area contributed by atoms with E-state index in [1.807, 2.05) is 0 Å². The van der Waals surface area contributed by atoms with E-state index >= 15 is 0 Å². The lowest BCUT2D eigenvalue weighted by atomic mass is 10.2. The number of hydrogen-bond donors (Lipinski definition) is 3. The molecule has 24 heavy (non-hydrogen) atoms. The van der Waals surface area contributed by atoms with Crippen molar-refractivity contribution in [1.82, 2.24) is 9.62 Å². The highest BCUT2D eigenvalue weighted by Gasteiger charge is 2.25. The van der Waals surface area contributed by atoms with Gasteiger partial charge < -0.3 is 15.7 Å². The van der Waals surface area contributed by atoms with E-state index in [9.17, 15) is 18.3 Å². The van der Waals surface area contributed by atoms with Crippen LogP contribution in [0.2, 0.25) is 0 Å². The lowest BCUT2D eigenvalue weighted by Gasteiger charge is -2.19. The Morgan fingerprint density at radius 2 is 2.04 bits per heavy atom. The zero-order chi connectivity index (χ0) is 17.0. The molecule has 0 spiro atoms. The first kappa shape index (κ1) is 20.7. The van der Waals surface area contributed by atoms with Crippen LogP contribution in [0.25, 0.3) is 0 Å². The molecule has 136 valence electrons. The van der Waals surface area contributed by atoms with Crippen LogP contribution in [0, 0.1) is 0 Å². The summed E-state index contributed by atoms with van der Waals surface area (Å²) < 4.78 is 26.4. The molecule has 9 heteroatoms. The summed E-state index contributed by atoms with van der Waals surface area (Å²) in [6.07, 6.45) is 1.64. The zero-order valence-corrected chi connectivity index (χ0v) is 15.4. The van der Waals surface area contributed by atoms with Crippen LogP contribution in [0.4, 0.5) is 5.69 Å². The maximum Gasteiger partial charge on any atom is 0.243 e. The molecule has 1 heterocycles. The number of carbonyl (C=O) groups is 1. The number of amides is 1. The molecule has 1 aromatic carbocycles. The predicted octanol–water partition coefficient (Wildman–Crippen LogP) is 1.53. The molecule has 1 unspecified atom stereocenters. The number of hydrogen-bond acceptors (Lipinski definition) is 5. The Kier molecular flexibility index (Phi) is 7.47. The summed E-state index contributed by atoms with van der Waals surface area (Å²) in [4.78, 5) is 12.2. The van der Waals surface area contributed by atoms with Gasteiger partial charge in [-0.2, -0.15) is 4.31 Å². The van der Waals surface area contributed by atoms with E-state index in [-0.39, 0.29) is 40.7 Å². The molecule has 0 saturated carbocycles. The van der Waals surface area contributed by atoms with Gasteiger partial charge in [0.2, 0.25) is 15.9 Å². The van der Waals surface area contributed by atoms with Gasteiger partial charge in [-0.25, -0.2) is 8.42 Å². The molecule has 3 N–H and O–H groups in total. The van der Waals surface area contributed by atoms with Crippen molar-refractivity contribution in [3.05, 3.63) is 18.2 Å². The number of nitrogens with one attached hydrogen (secondary N) is 2. The van der Waals surface area contributed by atoms with Gasteiger partial charge in [-0.05, 0) is 37.6 Å². The van der Waals surface area contributed by atoms with Crippen LogP contribution in [0.5, 0.6) is 5.75 Å². The van der Waals surface area contributed by atoms with Crippen molar-refractivity contribution in [2.24, 2.45) is 0 Å². The number of aromatic hydroxyl groups is 1. The second kappa shape index (κ2) is 8.66. The molecule has 1 atom stereocenters. The van der Waals surface area contributed by atoms with Crippen LogP contribution in [0.3, 0.4) is 0 Å². The molecule has 1 amide bonds. The van der Waals surface area contributed by atoms with E-state index in [0.29, 0.717) is 13.1 Å². The highest BCUT2D eigenvalue weighted by molar-refractivity contribution is 7.89. The van der Waals surface area contributed by atoms with E-state index in [2.05, 4.69) is 10.6 Å². The van der Waals surface area contributed by atoms with Crippen LogP contribution in [0.1, 0.15) is 26.7 Å². The maximum absolute atomic E-state index is 12.5. The smallest absolute Gasteiger partial charge is 0.243 e. The normalized spacial score (nSPS) is 17.5. The zero-order valence-electron chi connectivity index (χ0n) is 13.8. The largest absolute Gasteiger partial charge is 0.506 e. The number of carbonyl (C=O) groups excluding carboxylic acids is 1. The number of benzene rings is 1. The minimum atomic E-state index is -3.64. The first-order chi connectivity index (χ1) is 10.9. The Bertz CT molecular complexity index is 671. The number of anilines is 1. The Balaban J connectivity index is 0.00000288. The molecule has 1 aliphatic heterocycles. The fourth-order valence-corrected chi connectivity index (χ4v) is 4.10. The molecule has 0 bridgehead atoms. The quantitative estimate of drug-likeness (QED) is 0.653. The summed E-state index contributed by atoms with van der Waals surface area (Å²) in [6, 6.07) is 3.62. The molecule has 0 aliphatic carbocycles. The van der Waals surface area contributed by atoms with Gasteiger partial charge in [0.05, 0.1) is 16.6 Å². The summed E-state index contributed by atoms with van der Waals surface area (Å²) in [5, 5.41) is 15.6. The van der Waals surface area contributed by atoms with Gasteiger partial charge in [0, 0.05) is 13.1 Å². The van der Waals surface area contributed by atoms with Crippen molar-refractivity contribution < 1.29 is 18.3 Å². The third-order valence-corrected chi connectivity index (χ3v) is 5.99. The topological polar surface area (TPSA) is 98.7 Å². The molecule has 1 aliphatic rings. The van der Waals surface area contributed by atoms with Crippen LogP contribution in [-0.4, -0.2) is 49.4 Å². The van der Waals surface area contributed by atoms with Crippen molar-refractivity contribution in [3.63, 3.8) is 0 Å². The van der Waals surface area contributed by atoms with Gasteiger partial charge in [-0.3, -0.25) is 4.79 Å². The van der Waals surface area contributed by atoms with Crippen molar-refractivity contribution in [1.29, 1.82) is 0 Å². The monoisotopic (exact) mass is 377 g/mol. The van der Waals surface area contributed by atoms with Crippen molar-refractivity contribution >= 4 is 34.0 Å². The van der Waals surface area contributed by atoms with Gasteiger partial charge >= 0.3 is 0 Å². The molecule has 1 fully saturated rings. The predicted molar refractivity (Wildman–Crippen MR) is 95.1 cm³/mol. The van der Waals surface area contributed by atoms with Crippen LogP contribution >= 0.6 is 12.4 Å². The molecular weight excluding hydrogens is 354 g/mol. The molecule has 2 rings (SSSR count). The summed E-state index contributed by atoms with van der Waals surface area (Å²) in [6.45, 7) is 5.01.